The summed E-state index contributed by atoms with van der Waals surface area (Å²) in [6.07, 6.45) is 0.254. The van der Waals surface area contributed by atoms with Crippen LogP contribution in [0.25, 0.3) is 0 Å². The number of carbonyl (C=O) groups excluding carboxylic acids is 2. The number of rotatable bonds is 12. The van der Waals surface area contributed by atoms with Crippen molar-refractivity contribution in [2.75, 3.05) is 10.8 Å². The molecule has 0 aliphatic carbocycles. The lowest BCUT2D eigenvalue weighted by atomic mass is 10.0. The van der Waals surface area contributed by atoms with Crippen LogP contribution >= 0.6 is 11.6 Å². The predicted molar refractivity (Wildman–Crippen MR) is 181 cm³/mol. The zero-order valence-electron chi connectivity index (χ0n) is 26.3. The average Bonchev–Trinajstić information content (AvgIpc) is 2.99. The molecule has 1 N–H and O–H groups in total. The minimum absolute atomic E-state index is 0.00143. The van der Waals surface area contributed by atoms with Gasteiger partial charge in [-0.2, -0.15) is 0 Å². The summed E-state index contributed by atoms with van der Waals surface area (Å²) in [6.45, 7) is 9.12. The van der Waals surface area contributed by atoms with Crippen LogP contribution in [0.2, 0.25) is 5.02 Å². The number of amides is 2. The van der Waals surface area contributed by atoms with Gasteiger partial charge in [-0.25, -0.2) is 8.42 Å². The minimum Gasteiger partial charge on any atom is -0.352 e. The summed E-state index contributed by atoms with van der Waals surface area (Å²) in [5.41, 5.74) is 4.94. The van der Waals surface area contributed by atoms with Crippen LogP contribution in [-0.2, 0) is 32.6 Å². The topological polar surface area (TPSA) is 86.8 Å². The Kier molecular flexibility index (Phi) is 11.1. The summed E-state index contributed by atoms with van der Waals surface area (Å²) in [6, 6.07) is 27.3. The van der Waals surface area contributed by atoms with Crippen molar-refractivity contribution in [2.45, 2.75) is 64.6 Å². The number of nitrogens with zero attached hydrogens (tertiary/aromatic N) is 2. The molecular weight excluding hydrogens is 606 g/mol. The Morgan fingerprint density at radius 3 is 2.09 bits per heavy atom. The second-order valence-corrected chi connectivity index (χ2v) is 13.9. The fourth-order valence-corrected chi connectivity index (χ4v) is 6.62. The van der Waals surface area contributed by atoms with Gasteiger partial charge in [-0.05, 0) is 93.3 Å². The van der Waals surface area contributed by atoms with Crippen molar-refractivity contribution < 1.29 is 18.0 Å². The van der Waals surface area contributed by atoms with E-state index >= 15 is 0 Å². The van der Waals surface area contributed by atoms with Gasteiger partial charge in [-0.1, -0.05) is 77.8 Å². The van der Waals surface area contributed by atoms with Crippen molar-refractivity contribution in [3.8, 4) is 0 Å². The van der Waals surface area contributed by atoms with Crippen LogP contribution in [0.5, 0.6) is 0 Å². The number of hydrogen-bond acceptors (Lipinski definition) is 4. The molecule has 0 unspecified atom stereocenters. The van der Waals surface area contributed by atoms with Crippen LogP contribution in [-0.4, -0.2) is 43.8 Å². The molecule has 0 aromatic heterocycles. The Morgan fingerprint density at radius 1 is 0.800 bits per heavy atom. The standard InChI is InChI=1S/C36H40ClN3O4S/c1-25(2)38-36(42)34(22-29-11-7-6-8-12-29)39(23-30-13-9-10-26(3)20-30)35(41)24-40(32-17-14-27(4)28(5)21-32)45(43,44)33-18-15-31(37)16-19-33/h6-21,25,34H,22-24H2,1-5H3,(H,38,42)/t34-/m1/s1. The smallest absolute Gasteiger partial charge is 0.264 e. The maximum absolute atomic E-state index is 14.5. The third-order valence-electron chi connectivity index (χ3n) is 7.60. The van der Waals surface area contributed by atoms with Gasteiger partial charge in [0, 0.05) is 24.0 Å². The molecule has 0 fully saturated rings. The fourth-order valence-electron chi connectivity index (χ4n) is 5.09. The van der Waals surface area contributed by atoms with Crippen molar-refractivity contribution in [3.05, 3.63) is 130 Å². The zero-order chi connectivity index (χ0) is 32.7. The van der Waals surface area contributed by atoms with Crippen LogP contribution in [0.4, 0.5) is 5.69 Å². The van der Waals surface area contributed by atoms with Gasteiger partial charge in [0.2, 0.25) is 11.8 Å². The highest BCUT2D eigenvalue weighted by Gasteiger charge is 2.35. The highest BCUT2D eigenvalue weighted by Crippen LogP contribution is 2.28. The summed E-state index contributed by atoms with van der Waals surface area (Å²) >= 11 is 6.07. The second kappa shape index (κ2) is 14.8. The number of halogens is 1. The van der Waals surface area contributed by atoms with E-state index in [1.54, 1.807) is 12.1 Å². The molecule has 2 amide bonds. The van der Waals surface area contributed by atoms with Crippen LogP contribution in [0.15, 0.2) is 102 Å². The lowest BCUT2D eigenvalue weighted by molar-refractivity contribution is -0.140. The molecule has 0 aliphatic heterocycles. The average molecular weight is 646 g/mol. The van der Waals surface area contributed by atoms with E-state index in [1.165, 1.54) is 29.2 Å². The van der Waals surface area contributed by atoms with Crippen LogP contribution in [0.3, 0.4) is 0 Å². The molecule has 4 rings (SSSR count). The van der Waals surface area contributed by atoms with Gasteiger partial charge in [-0.15, -0.1) is 0 Å². The van der Waals surface area contributed by atoms with Gasteiger partial charge in [-0.3, -0.25) is 13.9 Å². The van der Waals surface area contributed by atoms with E-state index in [0.29, 0.717) is 10.7 Å². The SMILES string of the molecule is Cc1cccc(CN(C(=O)CN(c2ccc(C)c(C)c2)S(=O)(=O)c2ccc(Cl)cc2)[C@H](Cc2ccccc2)C(=O)NC(C)C)c1. The highest BCUT2D eigenvalue weighted by atomic mass is 35.5. The van der Waals surface area contributed by atoms with Crippen LogP contribution < -0.4 is 9.62 Å². The second-order valence-electron chi connectivity index (χ2n) is 11.6. The molecule has 0 heterocycles. The summed E-state index contributed by atoms with van der Waals surface area (Å²) in [5, 5.41) is 3.37. The van der Waals surface area contributed by atoms with Gasteiger partial charge in [0.1, 0.15) is 12.6 Å². The molecule has 9 heteroatoms. The first-order chi connectivity index (χ1) is 21.3. The molecule has 0 spiro atoms. The van der Waals surface area contributed by atoms with Gasteiger partial charge in [0.15, 0.2) is 0 Å². The van der Waals surface area contributed by atoms with Gasteiger partial charge >= 0.3 is 0 Å². The van der Waals surface area contributed by atoms with Gasteiger partial charge in [0.05, 0.1) is 10.6 Å². The van der Waals surface area contributed by atoms with E-state index in [-0.39, 0.29) is 29.8 Å². The van der Waals surface area contributed by atoms with Crippen molar-refractivity contribution >= 4 is 39.1 Å². The highest BCUT2D eigenvalue weighted by molar-refractivity contribution is 7.92. The van der Waals surface area contributed by atoms with Crippen molar-refractivity contribution in [1.82, 2.24) is 10.2 Å². The number of sulfonamides is 1. The number of nitrogens with one attached hydrogen (secondary N) is 1. The Hall–Kier alpha value is -4.14. The fraction of sp³-hybridized carbons (Fsp3) is 0.278. The summed E-state index contributed by atoms with van der Waals surface area (Å²) in [4.78, 5) is 29.8. The molecule has 0 aliphatic rings. The molecule has 4 aromatic rings. The number of carbonyl (C=O) groups is 2. The Bertz CT molecular complexity index is 1740. The molecule has 0 radical (unpaired) electrons. The van der Waals surface area contributed by atoms with Crippen LogP contribution in [0, 0.1) is 20.8 Å². The molecule has 0 saturated carbocycles. The first kappa shape index (κ1) is 33.7. The van der Waals surface area contributed by atoms with Gasteiger partial charge in [0.25, 0.3) is 10.0 Å². The Morgan fingerprint density at radius 2 is 1.47 bits per heavy atom. The molecule has 45 heavy (non-hydrogen) atoms. The monoisotopic (exact) mass is 645 g/mol. The van der Waals surface area contributed by atoms with Crippen molar-refractivity contribution in [2.24, 2.45) is 0 Å². The third-order valence-corrected chi connectivity index (χ3v) is 9.64. The van der Waals surface area contributed by atoms with E-state index in [0.717, 1.165) is 32.1 Å². The molecule has 7 nitrogen and oxygen atoms in total. The van der Waals surface area contributed by atoms with E-state index < -0.39 is 28.5 Å². The Labute approximate surface area is 271 Å². The third kappa shape index (κ3) is 8.74. The Balaban J connectivity index is 1.82. The van der Waals surface area contributed by atoms with Gasteiger partial charge < -0.3 is 10.2 Å². The molecule has 0 bridgehead atoms. The number of benzene rings is 4. The lowest BCUT2D eigenvalue weighted by Crippen LogP contribution is -2.54. The summed E-state index contributed by atoms with van der Waals surface area (Å²) in [5.74, 6) is -0.819. The number of anilines is 1. The van der Waals surface area contributed by atoms with Crippen molar-refractivity contribution in [3.63, 3.8) is 0 Å². The van der Waals surface area contributed by atoms with E-state index in [1.807, 2.05) is 95.3 Å². The maximum atomic E-state index is 14.5. The minimum atomic E-state index is -4.21. The lowest BCUT2D eigenvalue weighted by Gasteiger charge is -2.34. The zero-order valence-corrected chi connectivity index (χ0v) is 27.9. The van der Waals surface area contributed by atoms with E-state index in [2.05, 4.69) is 5.32 Å². The first-order valence-corrected chi connectivity index (χ1v) is 16.7. The maximum Gasteiger partial charge on any atom is 0.264 e. The molecule has 236 valence electrons. The predicted octanol–water partition coefficient (Wildman–Crippen LogP) is 6.63. The first-order valence-electron chi connectivity index (χ1n) is 14.9. The molecular formula is C36H40ClN3O4S. The van der Waals surface area contributed by atoms with Crippen LogP contribution in [0.1, 0.15) is 41.7 Å². The molecule has 0 saturated heterocycles. The largest absolute Gasteiger partial charge is 0.352 e. The number of aryl methyl sites for hydroxylation is 3. The van der Waals surface area contributed by atoms with E-state index in [9.17, 15) is 18.0 Å². The quantitative estimate of drug-likeness (QED) is 0.188. The summed E-state index contributed by atoms with van der Waals surface area (Å²) < 4.78 is 29.5. The molecule has 4 aromatic carbocycles. The normalized spacial score (nSPS) is 12.1. The summed E-state index contributed by atoms with van der Waals surface area (Å²) in [7, 11) is -4.21. The molecule has 1 atom stereocenters. The van der Waals surface area contributed by atoms with Crippen molar-refractivity contribution in [1.29, 1.82) is 0 Å². The van der Waals surface area contributed by atoms with E-state index in [4.69, 9.17) is 11.6 Å². The number of hydrogen-bond donors (Lipinski definition) is 1.